The number of allylic oxidation sites excluding steroid dienone is 2. The summed E-state index contributed by atoms with van der Waals surface area (Å²) in [4.78, 5) is 32.0. The van der Waals surface area contributed by atoms with Crippen LogP contribution in [0.15, 0.2) is 60.7 Å². The Balaban J connectivity index is 1.39. The zero-order valence-corrected chi connectivity index (χ0v) is 19.1. The Labute approximate surface area is 201 Å². The molecule has 1 fully saturated rings. The molecule has 4 atom stereocenters. The Bertz CT molecular complexity index is 1290. The second-order valence-electron chi connectivity index (χ2n) is 9.12. The largest absolute Gasteiger partial charge is 0.497 e. The van der Waals surface area contributed by atoms with E-state index in [9.17, 15) is 14.0 Å². The first-order valence-corrected chi connectivity index (χ1v) is 11.7. The van der Waals surface area contributed by atoms with E-state index in [1.807, 2.05) is 36.4 Å². The maximum absolute atomic E-state index is 13.7. The van der Waals surface area contributed by atoms with Gasteiger partial charge in [-0.3, -0.25) is 9.59 Å². The second-order valence-corrected chi connectivity index (χ2v) is 9.12. The lowest BCUT2D eigenvalue weighted by molar-refractivity contribution is -0.122. The average Bonchev–Trinajstić information content (AvgIpc) is 3.42. The smallest absolute Gasteiger partial charge is 0.260 e. The highest BCUT2D eigenvalue weighted by molar-refractivity contribution is 6.21. The molecule has 0 spiro atoms. The fourth-order valence-electron chi connectivity index (χ4n) is 5.28. The van der Waals surface area contributed by atoms with Crippen LogP contribution in [0.4, 0.5) is 16.3 Å². The second kappa shape index (κ2) is 8.33. The number of carbonyl (C=O) groups is 2. The fourth-order valence-corrected chi connectivity index (χ4v) is 5.28. The quantitative estimate of drug-likeness (QED) is 0.455. The van der Waals surface area contributed by atoms with Gasteiger partial charge in [0.15, 0.2) is 0 Å². The lowest BCUT2D eigenvalue weighted by Gasteiger charge is -2.31. The summed E-state index contributed by atoms with van der Waals surface area (Å²) < 4.78 is 20.6. The number of nitrogens with one attached hydrogen (secondary N) is 1. The SMILES string of the molecule is COc1ccc(C2CC(c3ccc(F)cc3)n3nc(N4C(=O)C5CC=CCC5C4=O)nc3N2)cc1. The van der Waals surface area contributed by atoms with E-state index in [1.54, 1.807) is 23.9 Å². The first-order valence-electron chi connectivity index (χ1n) is 11.7. The molecule has 2 aliphatic heterocycles. The van der Waals surface area contributed by atoms with Crippen LogP contribution in [0.25, 0.3) is 0 Å². The van der Waals surface area contributed by atoms with Gasteiger partial charge in [0.25, 0.3) is 5.95 Å². The number of hydrogen-bond acceptors (Lipinski definition) is 6. The summed E-state index contributed by atoms with van der Waals surface area (Å²) in [5.41, 5.74) is 1.89. The molecule has 35 heavy (non-hydrogen) atoms. The number of halogens is 1. The molecule has 2 amide bonds. The van der Waals surface area contributed by atoms with E-state index in [1.165, 1.54) is 12.1 Å². The molecule has 1 saturated heterocycles. The summed E-state index contributed by atoms with van der Waals surface area (Å²) in [5, 5.41) is 8.03. The van der Waals surface area contributed by atoms with E-state index >= 15 is 0 Å². The van der Waals surface area contributed by atoms with Gasteiger partial charge in [-0.1, -0.05) is 36.4 Å². The van der Waals surface area contributed by atoms with Crippen molar-refractivity contribution < 1.29 is 18.7 Å². The van der Waals surface area contributed by atoms with Crippen molar-refractivity contribution in [2.24, 2.45) is 11.8 Å². The maximum atomic E-state index is 13.7. The summed E-state index contributed by atoms with van der Waals surface area (Å²) in [6.45, 7) is 0. The highest BCUT2D eigenvalue weighted by atomic mass is 19.1. The third-order valence-electron chi connectivity index (χ3n) is 7.16. The molecule has 2 aromatic carbocycles. The minimum absolute atomic E-state index is 0.0828. The van der Waals surface area contributed by atoms with Crippen LogP contribution in [0.2, 0.25) is 0 Å². The van der Waals surface area contributed by atoms with Crippen molar-refractivity contribution in [3.8, 4) is 5.75 Å². The van der Waals surface area contributed by atoms with E-state index < -0.39 is 0 Å². The molecule has 0 radical (unpaired) electrons. The van der Waals surface area contributed by atoms with Crippen LogP contribution in [0.1, 0.15) is 42.5 Å². The zero-order chi connectivity index (χ0) is 24.1. The summed E-state index contributed by atoms with van der Waals surface area (Å²) >= 11 is 0. The number of carbonyl (C=O) groups excluding carboxylic acids is 2. The standard InChI is InChI=1S/C26H24FN5O3/c1-35-18-12-8-15(9-13-18)21-14-22(16-6-10-17(27)11-7-16)32-25(28-21)29-26(30-32)31-23(33)19-4-2-3-5-20(19)24(31)34/h2-3,6-13,19-22H,4-5,14H2,1H3,(H,28,29,30). The van der Waals surface area contributed by atoms with E-state index in [2.05, 4.69) is 15.4 Å². The molecule has 6 rings (SSSR count). The third kappa shape index (κ3) is 3.58. The highest BCUT2D eigenvalue weighted by Crippen LogP contribution is 2.41. The van der Waals surface area contributed by atoms with Crippen molar-refractivity contribution in [1.29, 1.82) is 0 Å². The fraction of sp³-hybridized carbons (Fsp3) is 0.308. The van der Waals surface area contributed by atoms with Crippen molar-refractivity contribution in [1.82, 2.24) is 14.8 Å². The maximum Gasteiger partial charge on any atom is 0.260 e. The van der Waals surface area contributed by atoms with E-state index in [4.69, 9.17) is 4.74 Å². The number of fused-ring (bicyclic) bond motifs is 2. The molecule has 0 bridgehead atoms. The van der Waals surface area contributed by atoms with Crippen LogP contribution in [-0.4, -0.2) is 33.7 Å². The zero-order valence-electron chi connectivity index (χ0n) is 19.1. The van der Waals surface area contributed by atoms with Gasteiger partial charge in [0.1, 0.15) is 11.6 Å². The van der Waals surface area contributed by atoms with Crippen LogP contribution >= 0.6 is 0 Å². The molecular weight excluding hydrogens is 449 g/mol. The minimum Gasteiger partial charge on any atom is -0.497 e. The van der Waals surface area contributed by atoms with Gasteiger partial charge < -0.3 is 10.1 Å². The lowest BCUT2D eigenvalue weighted by Crippen LogP contribution is -2.32. The van der Waals surface area contributed by atoms with Gasteiger partial charge >= 0.3 is 0 Å². The number of imide groups is 1. The van der Waals surface area contributed by atoms with Crippen molar-refractivity contribution in [2.45, 2.75) is 31.3 Å². The van der Waals surface area contributed by atoms with Gasteiger partial charge in [0.05, 0.1) is 31.0 Å². The molecule has 1 N–H and O–H groups in total. The van der Waals surface area contributed by atoms with Crippen LogP contribution in [-0.2, 0) is 9.59 Å². The molecule has 9 heteroatoms. The lowest BCUT2D eigenvalue weighted by atomic mass is 9.85. The Hall–Kier alpha value is -4.01. The molecule has 4 unspecified atom stereocenters. The number of benzene rings is 2. The van der Waals surface area contributed by atoms with Crippen molar-refractivity contribution >= 4 is 23.7 Å². The molecule has 1 aliphatic carbocycles. The third-order valence-corrected chi connectivity index (χ3v) is 7.16. The van der Waals surface area contributed by atoms with Crippen LogP contribution in [0, 0.1) is 17.7 Å². The molecule has 3 aromatic rings. The Kier molecular flexibility index (Phi) is 5.12. The molecule has 3 aliphatic rings. The van der Waals surface area contributed by atoms with Crippen LogP contribution in [0.3, 0.4) is 0 Å². The summed E-state index contributed by atoms with van der Waals surface area (Å²) in [5.74, 6) is -0.253. The van der Waals surface area contributed by atoms with Crippen molar-refractivity contribution in [3.63, 3.8) is 0 Å². The van der Waals surface area contributed by atoms with Gasteiger partial charge in [-0.25, -0.2) is 14.0 Å². The van der Waals surface area contributed by atoms with E-state index in [0.29, 0.717) is 25.2 Å². The number of methoxy groups -OCH3 is 1. The molecule has 8 nitrogen and oxygen atoms in total. The highest BCUT2D eigenvalue weighted by Gasteiger charge is 2.50. The number of aromatic nitrogens is 3. The predicted octanol–water partition coefficient (Wildman–Crippen LogP) is 4.03. The molecule has 178 valence electrons. The van der Waals surface area contributed by atoms with Gasteiger partial charge in [0, 0.05) is 0 Å². The number of rotatable bonds is 4. The number of hydrogen-bond donors (Lipinski definition) is 1. The number of ether oxygens (including phenoxy) is 1. The minimum atomic E-state index is -0.360. The van der Waals surface area contributed by atoms with Gasteiger partial charge in [0.2, 0.25) is 17.8 Å². The van der Waals surface area contributed by atoms with Crippen LogP contribution in [0.5, 0.6) is 5.75 Å². The Morgan fingerprint density at radius 2 is 1.57 bits per heavy atom. The molecule has 0 saturated carbocycles. The van der Waals surface area contributed by atoms with E-state index in [-0.39, 0.29) is 47.5 Å². The Morgan fingerprint density at radius 1 is 0.943 bits per heavy atom. The molecule has 3 heterocycles. The van der Waals surface area contributed by atoms with Gasteiger partial charge in [-0.05, 0) is 54.7 Å². The number of nitrogens with zero attached hydrogens (tertiary/aromatic N) is 4. The van der Waals surface area contributed by atoms with Gasteiger partial charge in [-0.15, -0.1) is 5.10 Å². The van der Waals surface area contributed by atoms with Crippen molar-refractivity contribution in [3.05, 3.63) is 77.6 Å². The normalized spacial score (nSPS) is 25.3. The van der Waals surface area contributed by atoms with E-state index in [0.717, 1.165) is 21.8 Å². The average molecular weight is 474 g/mol. The van der Waals surface area contributed by atoms with Crippen LogP contribution < -0.4 is 15.0 Å². The number of anilines is 2. The van der Waals surface area contributed by atoms with Crippen molar-refractivity contribution in [2.75, 3.05) is 17.3 Å². The Morgan fingerprint density at radius 3 is 2.20 bits per heavy atom. The first kappa shape index (κ1) is 21.5. The topological polar surface area (TPSA) is 89.4 Å². The summed E-state index contributed by atoms with van der Waals surface area (Å²) in [6.07, 6.45) is 5.62. The monoisotopic (exact) mass is 473 g/mol. The predicted molar refractivity (Wildman–Crippen MR) is 126 cm³/mol. The summed E-state index contributed by atoms with van der Waals surface area (Å²) in [7, 11) is 1.62. The molecular formula is C26H24FN5O3. The summed E-state index contributed by atoms with van der Waals surface area (Å²) in [6, 6.07) is 13.7. The van der Waals surface area contributed by atoms with Gasteiger partial charge in [-0.2, -0.15) is 4.98 Å². The number of amides is 2. The first-order chi connectivity index (χ1) is 17.0. The molecule has 1 aromatic heterocycles.